The maximum Gasteiger partial charge on any atom is 0.244 e. The molecule has 2 rings (SSSR count). The molecule has 0 saturated heterocycles. The molecule has 1 aromatic heterocycles. The standard InChI is InChI=1S/C9H15N3O3S/c1-9(2-3-9)11-16(14,15)8-6-10-12(7-8)4-5-13/h6-7,11,13H,2-5H2,1H3. The average Bonchev–Trinajstić information content (AvgIpc) is 2.73. The van der Waals surface area contributed by atoms with Crippen LogP contribution in [0.3, 0.4) is 0 Å². The molecule has 2 N–H and O–H groups in total. The van der Waals surface area contributed by atoms with Gasteiger partial charge in [-0.3, -0.25) is 4.68 Å². The van der Waals surface area contributed by atoms with Crippen molar-refractivity contribution in [3.8, 4) is 0 Å². The molecule has 0 aromatic carbocycles. The normalized spacial score (nSPS) is 18.6. The molecule has 1 aliphatic carbocycles. The zero-order chi connectivity index (χ0) is 11.8. The number of aliphatic hydroxyl groups excluding tert-OH is 1. The van der Waals surface area contributed by atoms with Gasteiger partial charge in [0.05, 0.1) is 19.3 Å². The highest BCUT2D eigenvalue weighted by Crippen LogP contribution is 2.35. The molecule has 0 atom stereocenters. The Kier molecular flexibility index (Phi) is 2.77. The van der Waals surface area contributed by atoms with Crippen molar-refractivity contribution < 1.29 is 13.5 Å². The summed E-state index contributed by atoms with van der Waals surface area (Å²) in [5.41, 5.74) is -0.280. The summed E-state index contributed by atoms with van der Waals surface area (Å²) in [6.07, 6.45) is 4.46. The Morgan fingerprint density at radius 1 is 1.62 bits per heavy atom. The molecule has 1 fully saturated rings. The van der Waals surface area contributed by atoms with E-state index in [0.29, 0.717) is 6.54 Å². The Balaban J connectivity index is 2.15. The molecule has 7 heteroatoms. The van der Waals surface area contributed by atoms with Crippen molar-refractivity contribution in [1.82, 2.24) is 14.5 Å². The van der Waals surface area contributed by atoms with E-state index in [1.54, 1.807) is 0 Å². The molecule has 0 amide bonds. The molecule has 1 saturated carbocycles. The van der Waals surface area contributed by atoms with E-state index in [0.717, 1.165) is 12.8 Å². The molecular formula is C9H15N3O3S. The van der Waals surface area contributed by atoms with Gasteiger partial charge in [0, 0.05) is 11.7 Å². The Hall–Kier alpha value is -0.920. The van der Waals surface area contributed by atoms with Crippen molar-refractivity contribution in [3.05, 3.63) is 12.4 Å². The minimum absolute atomic E-state index is 0.0632. The molecule has 1 aliphatic rings. The number of aromatic nitrogens is 2. The molecule has 0 aliphatic heterocycles. The first-order valence-electron chi connectivity index (χ1n) is 5.12. The first kappa shape index (κ1) is 11.6. The van der Waals surface area contributed by atoms with Crippen molar-refractivity contribution >= 4 is 10.0 Å². The van der Waals surface area contributed by atoms with E-state index in [2.05, 4.69) is 9.82 Å². The van der Waals surface area contributed by atoms with Crippen molar-refractivity contribution in [3.63, 3.8) is 0 Å². The SMILES string of the molecule is CC1(NS(=O)(=O)c2cnn(CCO)c2)CC1. The van der Waals surface area contributed by atoms with E-state index in [9.17, 15) is 8.42 Å². The van der Waals surface area contributed by atoms with E-state index in [-0.39, 0.29) is 17.0 Å². The minimum Gasteiger partial charge on any atom is -0.394 e. The summed E-state index contributed by atoms with van der Waals surface area (Å²) in [4.78, 5) is 0.147. The summed E-state index contributed by atoms with van der Waals surface area (Å²) in [6.45, 7) is 2.11. The molecule has 1 heterocycles. The molecule has 1 aromatic rings. The van der Waals surface area contributed by atoms with Gasteiger partial charge in [0.15, 0.2) is 0 Å². The average molecular weight is 245 g/mol. The number of aliphatic hydroxyl groups is 1. The lowest BCUT2D eigenvalue weighted by molar-refractivity contribution is 0.269. The molecular weight excluding hydrogens is 230 g/mol. The predicted molar refractivity (Wildman–Crippen MR) is 57.3 cm³/mol. The van der Waals surface area contributed by atoms with Crippen LogP contribution in [0.25, 0.3) is 0 Å². The molecule has 16 heavy (non-hydrogen) atoms. The summed E-state index contributed by atoms with van der Waals surface area (Å²) >= 11 is 0. The van der Waals surface area contributed by atoms with Crippen LogP contribution in [-0.2, 0) is 16.6 Å². The van der Waals surface area contributed by atoms with Crippen LogP contribution >= 0.6 is 0 Å². The van der Waals surface area contributed by atoms with Crippen LogP contribution in [0, 0.1) is 0 Å². The molecule has 0 spiro atoms. The van der Waals surface area contributed by atoms with Crippen molar-refractivity contribution in [2.75, 3.05) is 6.61 Å². The lowest BCUT2D eigenvalue weighted by Crippen LogP contribution is -2.34. The van der Waals surface area contributed by atoms with Gasteiger partial charge in [-0.1, -0.05) is 0 Å². The quantitative estimate of drug-likeness (QED) is 0.746. The van der Waals surface area contributed by atoms with Gasteiger partial charge in [0.25, 0.3) is 0 Å². The summed E-state index contributed by atoms with van der Waals surface area (Å²) in [5.74, 6) is 0. The lowest BCUT2D eigenvalue weighted by Gasteiger charge is -2.10. The van der Waals surface area contributed by atoms with Crippen LogP contribution in [0.15, 0.2) is 17.3 Å². The summed E-state index contributed by atoms with van der Waals surface area (Å²) in [5, 5.41) is 12.6. The second-order valence-electron chi connectivity index (χ2n) is 4.33. The molecule has 90 valence electrons. The fraction of sp³-hybridized carbons (Fsp3) is 0.667. The van der Waals surface area contributed by atoms with Crippen LogP contribution in [0.4, 0.5) is 0 Å². The highest BCUT2D eigenvalue weighted by molar-refractivity contribution is 7.89. The third-order valence-electron chi connectivity index (χ3n) is 2.63. The maximum absolute atomic E-state index is 11.9. The zero-order valence-corrected chi connectivity index (χ0v) is 9.87. The van der Waals surface area contributed by atoms with Crippen molar-refractivity contribution in [1.29, 1.82) is 0 Å². The molecule has 0 radical (unpaired) electrons. The lowest BCUT2D eigenvalue weighted by atomic mass is 10.4. The Morgan fingerprint density at radius 3 is 2.88 bits per heavy atom. The van der Waals surface area contributed by atoms with Gasteiger partial charge >= 0.3 is 0 Å². The second kappa shape index (κ2) is 3.83. The highest BCUT2D eigenvalue weighted by atomic mass is 32.2. The van der Waals surface area contributed by atoms with E-state index in [1.165, 1.54) is 17.1 Å². The second-order valence-corrected chi connectivity index (χ2v) is 6.01. The molecule has 6 nitrogen and oxygen atoms in total. The topological polar surface area (TPSA) is 84.2 Å². The van der Waals surface area contributed by atoms with Gasteiger partial charge in [-0.15, -0.1) is 0 Å². The third kappa shape index (κ3) is 2.42. The summed E-state index contributed by atoms with van der Waals surface area (Å²) < 4.78 is 27.8. The van der Waals surface area contributed by atoms with Crippen molar-refractivity contribution in [2.24, 2.45) is 0 Å². The predicted octanol–water partition coefficient (Wildman–Crippen LogP) is -0.294. The number of sulfonamides is 1. The first-order chi connectivity index (χ1) is 7.45. The van der Waals surface area contributed by atoms with Crippen LogP contribution in [0.5, 0.6) is 0 Å². The molecule has 0 bridgehead atoms. The fourth-order valence-electron chi connectivity index (χ4n) is 1.38. The van der Waals surface area contributed by atoms with Crippen molar-refractivity contribution in [2.45, 2.75) is 36.7 Å². The van der Waals surface area contributed by atoms with Crippen LogP contribution in [0.2, 0.25) is 0 Å². The van der Waals surface area contributed by atoms with E-state index >= 15 is 0 Å². The number of nitrogens with one attached hydrogen (secondary N) is 1. The van der Waals surface area contributed by atoms with Crippen LogP contribution < -0.4 is 4.72 Å². The summed E-state index contributed by atoms with van der Waals surface area (Å²) in [6, 6.07) is 0. The van der Waals surface area contributed by atoms with Gasteiger partial charge in [-0.25, -0.2) is 13.1 Å². The summed E-state index contributed by atoms with van der Waals surface area (Å²) in [7, 11) is -3.47. The minimum atomic E-state index is -3.47. The van der Waals surface area contributed by atoms with Gasteiger partial charge < -0.3 is 5.11 Å². The zero-order valence-electron chi connectivity index (χ0n) is 9.05. The number of nitrogens with zero attached hydrogens (tertiary/aromatic N) is 2. The third-order valence-corrected chi connectivity index (χ3v) is 4.22. The Bertz CT molecular complexity index is 476. The van der Waals surface area contributed by atoms with Crippen LogP contribution in [0.1, 0.15) is 19.8 Å². The number of rotatable bonds is 5. The van der Waals surface area contributed by atoms with E-state index < -0.39 is 10.0 Å². The van der Waals surface area contributed by atoms with E-state index in [1.807, 2.05) is 6.92 Å². The number of hydrogen-bond donors (Lipinski definition) is 2. The smallest absolute Gasteiger partial charge is 0.244 e. The Morgan fingerprint density at radius 2 is 2.31 bits per heavy atom. The van der Waals surface area contributed by atoms with Gasteiger partial charge in [-0.05, 0) is 19.8 Å². The largest absolute Gasteiger partial charge is 0.394 e. The van der Waals surface area contributed by atoms with Crippen LogP contribution in [-0.4, -0.2) is 35.5 Å². The maximum atomic E-state index is 11.9. The first-order valence-corrected chi connectivity index (χ1v) is 6.61. The fourth-order valence-corrected chi connectivity index (χ4v) is 2.80. The highest BCUT2D eigenvalue weighted by Gasteiger charge is 2.41. The van der Waals surface area contributed by atoms with E-state index in [4.69, 9.17) is 5.11 Å². The van der Waals surface area contributed by atoms with Gasteiger partial charge in [0.1, 0.15) is 4.90 Å². The molecule has 0 unspecified atom stereocenters. The number of hydrogen-bond acceptors (Lipinski definition) is 4. The monoisotopic (exact) mass is 245 g/mol. The van der Waals surface area contributed by atoms with Gasteiger partial charge in [-0.2, -0.15) is 5.10 Å². The van der Waals surface area contributed by atoms with Gasteiger partial charge in [0.2, 0.25) is 10.0 Å². The Labute approximate surface area is 94.3 Å².